The monoisotopic (exact) mass is 322 g/mol. The molecular weight excluding hydrogens is 307 g/mol. The van der Waals surface area contributed by atoms with Crippen LogP contribution in [0.5, 0.6) is 0 Å². The maximum absolute atomic E-state index is 12.7. The largest absolute Gasteiger partial charge is 0.313 e. The van der Waals surface area contributed by atoms with Crippen LogP contribution in [0.25, 0.3) is 0 Å². The third kappa shape index (κ3) is 2.90. The molecule has 4 nitrogen and oxygen atoms in total. The average Bonchev–Trinajstić information content (AvgIpc) is 2.25. The van der Waals surface area contributed by atoms with E-state index in [9.17, 15) is 8.42 Å². The summed E-state index contributed by atoms with van der Waals surface area (Å²) in [6.45, 7) is 3.75. The van der Waals surface area contributed by atoms with Crippen LogP contribution < -0.4 is 5.32 Å². The number of halogens is 2. The van der Waals surface area contributed by atoms with Gasteiger partial charge < -0.3 is 5.32 Å². The SMILES string of the molecule is CCCN(C1CNC1)S(=O)(=O)c1c(Cl)cccc1Cl. The molecule has 1 N–H and O–H groups in total. The third-order valence-corrected chi connectivity index (χ3v) is 6.00. The van der Waals surface area contributed by atoms with Gasteiger partial charge in [-0.25, -0.2) is 8.42 Å². The number of nitrogens with zero attached hydrogens (tertiary/aromatic N) is 1. The molecular formula is C12H16Cl2N2O2S. The van der Waals surface area contributed by atoms with E-state index >= 15 is 0 Å². The van der Waals surface area contributed by atoms with Gasteiger partial charge in [0, 0.05) is 19.6 Å². The van der Waals surface area contributed by atoms with Crippen LogP contribution in [0.2, 0.25) is 10.0 Å². The van der Waals surface area contributed by atoms with Gasteiger partial charge in [-0.2, -0.15) is 4.31 Å². The zero-order chi connectivity index (χ0) is 14.0. The summed E-state index contributed by atoms with van der Waals surface area (Å²) in [4.78, 5) is 0.0127. The molecule has 1 heterocycles. The Bertz CT molecular complexity index is 539. The van der Waals surface area contributed by atoms with Crippen LogP contribution in [-0.4, -0.2) is 38.4 Å². The highest BCUT2D eigenvalue weighted by molar-refractivity contribution is 7.89. The van der Waals surface area contributed by atoms with Crippen LogP contribution in [0.3, 0.4) is 0 Å². The second-order valence-corrected chi connectivity index (χ2v) is 7.12. The molecule has 0 saturated carbocycles. The van der Waals surface area contributed by atoms with Gasteiger partial charge in [-0.1, -0.05) is 36.2 Å². The molecule has 0 atom stereocenters. The van der Waals surface area contributed by atoms with Crippen molar-refractivity contribution < 1.29 is 8.42 Å². The Morgan fingerprint density at radius 2 is 1.89 bits per heavy atom. The highest BCUT2D eigenvalue weighted by Crippen LogP contribution is 2.32. The first-order valence-electron chi connectivity index (χ1n) is 6.15. The smallest absolute Gasteiger partial charge is 0.246 e. The molecule has 7 heteroatoms. The van der Waals surface area contributed by atoms with E-state index in [1.54, 1.807) is 18.2 Å². The molecule has 1 aliphatic rings. The van der Waals surface area contributed by atoms with Crippen LogP contribution in [0.1, 0.15) is 13.3 Å². The third-order valence-electron chi connectivity index (χ3n) is 3.10. The van der Waals surface area contributed by atoms with Crippen molar-refractivity contribution in [2.75, 3.05) is 19.6 Å². The Hall–Kier alpha value is -0.330. The van der Waals surface area contributed by atoms with Gasteiger partial charge in [0.25, 0.3) is 0 Å². The lowest BCUT2D eigenvalue weighted by Crippen LogP contribution is -2.58. The number of nitrogens with one attached hydrogen (secondary N) is 1. The zero-order valence-corrected chi connectivity index (χ0v) is 12.9. The lowest BCUT2D eigenvalue weighted by molar-refractivity contribution is 0.242. The van der Waals surface area contributed by atoms with Crippen LogP contribution in [0.15, 0.2) is 23.1 Å². The fourth-order valence-electron chi connectivity index (χ4n) is 2.04. The summed E-state index contributed by atoms with van der Waals surface area (Å²) in [6.07, 6.45) is 0.748. The van der Waals surface area contributed by atoms with Gasteiger partial charge in [0.1, 0.15) is 4.90 Å². The van der Waals surface area contributed by atoms with Gasteiger partial charge in [0.05, 0.1) is 16.1 Å². The molecule has 2 rings (SSSR count). The van der Waals surface area contributed by atoms with Crippen molar-refractivity contribution in [3.63, 3.8) is 0 Å². The molecule has 0 unspecified atom stereocenters. The normalized spacial score (nSPS) is 16.6. The molecule has 0 aromatic heterocycles. The quantitative estimate of drug-likeness (QED) is 0.905. The number of benzene rings is 1. The fourth-order valence-corrected chi connectivity index (χ4v) is 4.85. The number of hydrogen-bond donors (Lipinski definition) is 1. The summed E-state index contributed by atoms with van der Waals surface area (Å²) in [7, 11) is -3.66. The molecule has 1 saturated heterocycles. The Kier molecular flexibility index (Phi) is 4.74. The molecule has 19 heavy (non-hydrogen) atoms. The van der Waals surface area contributed by atoms with E-state index in [0.717, 1.165) is 6.42 Å². The van der Waals surface area contributed by atoms with Crippen molar-refractivity contribution in [3.05, 3.63) is 28.2 Å². The maximum Gasteiger partial charge on any atom is 0.246 e. The van der Waals surface area contributed by atoms with E-state index in [0.29, 0.717) is 19.6 Å². The molecule has 0 spiro atoms. The molecule has 0 aliphatic carbocycles. The van der Waals surface area contributed by atoms with Gasteiger partial charge in [-0.15, -0.1) is 0 Å². The summed E-state index contributed by atoms with van der Waals surface area (Å²) >= 11 is 12.0. The first kappa shape index (κ1) is 15.1. The minimum absolute atomic E-state index is 0.0127. The predicted octanol–water partition coefficient (Wildman–Crippen LogP) is 2.37. The van der Waals surface area contributed by atoms with Crippen LogP contribution in [-0.2, 0) is 10.0 Å². The van der Waals surface area contributed by atoms with Gasteiger partial charge in [-0.3, -0.25) is 0 Å². The number of hydrogen-bond acceptors (Lipinski definition) is 3. The summed E-state index contributed by atoms with van der Waals surface area (Å²) < 4.78 is 27.0. The molecule has 1 aromatic rings. The summed E-state index contributed by atoms with van der Waals surface area (Å²) in [5, 5.41) is 3.42. The maximum atomic E-state index is 12.7. The van der Waals surface area contributed by atoms with E-state index in [1.807, 2.05) is 6.92 Å². The number of sulfonamides is 1. The average molecular weight is 323 g/mol. The van der Waals surface area contributed by atoms with Gasteiger partial charge >= 0.3 is 0 Å². The van der Waals surface area contributed by atoms with E-state index in [2.05, 4.69) is 5.32 Å². The Balaban J connectivity index is 2.44. The Morgan fingerprint density at radius 3 is 2.32 bits per heavy atom. The highest BCUT2D eigenvalue weighted by Gasteiger charge is 2.36. The second-order valence-electron chi connectivity index (χ2n) is 4.48. The molecule has 0 radical (unpaired) electrons. The summed E-state index contributed by atoms with van der Waals surface area (Å²) in [5.74, 6) is 0. The van der Waals surface area contributed by atoms with Crippen molar-refractivity contribution in [3.8, 4) is 0 Å². The van der Waals surface area contributed by atoms with E-state index in [1.165, 1.54) is 4.31 Å². The zero-order valence-electron chi connectivity index (χ0n) is 10.6. The Labute approximate surface area is 123 Å². The lowest BCUT2D eigenvalue weighted by Gasteiger charge is -2.37. The molecule has 106 valence electrons. The standard InChI is InChI=1S/C12H16Cl2N2O2S/c1-2-6-16(9-7-15-8-9)19(17,18)12-10(13)4-3-5-11(12)14/h3-5,9,15H,2,6-8H2,1H3. The van der Waals surface area contributed by atoms with E-state index in [4.69, 9.17) is 23.2 Å². The molecule has 1 aliphatic heterocycles. The van der Waals surface area contributed by atoms with Gasteiger partial charge in [0.15, 0.2) is 0 Å². The molecule has 0 amide bonds. The highest BCUT2D eigenvalue weighted by atomic mass is 35.5. The Morgan fingerprint density at radius 1 is 1.32 bits per heavy atom. The van der Waals surface area contributed by atoms with E-state index < -0.39 is 10.0 Å². The van der Waals surface area contributed by atoms with Crippen molar-refractivity contribution in [2.45, 2.75) is 24.3 Å². The van der Waals surface area contributed by atoms with Crippen molar-refractivity contribution in [2.24, 2.45) is 0 Å². The van der Waals surface area contributed by atoms with Crippen LogP contribution >= 0.6 is 23.2 Å². The van der Waals surface area contributed by atoms with Crippen LogP contribution in [0, 0.1) is 0 Å². The predicted molar refractivity (Wildman–Crippen MR) is 77.3 cm³/mol. The summed E-state index contributed by atoms with van der Waals surface area (Å²) in [6, 6.07) is 4.71. The van der Waals surface area contributed by atoms with Crippen LogP contribution in [0.4, 0.5) is 0 Å². The van der Waals surface area contributed by atoms with E-state index in [-0.39, 0.29) is 21.0 Å². The first-order chi connectivity index (χ1) is 8.98. The summed E-state index contributed by atoms with van der Waals surface area (Å²) in [5.41, 5.74) is 0. The molecule has 1 fully saturated rings. The molecule has 0 bridgehead atoms. The van der Waals surface area contributed by atoms with Gasteiger partial charge in [0.2, 0.25) is 10.0 Å². The first-order valence-corrected chi connectivity index (χ1v) is 8.34. The minimum atomic E-state index is -3.66. The van der Waals surface area contributed by atoms with Crippen molar-refractivity contribution in [1.29, 1.82) is 0 Å². The van der Waals surface area contributed by atoms with Crippen molar-refractivity contribution >= 4 is 33.2 Å². The second kappa shape index (κ2) is 5.97. The lowest BCUT2D eigenvalue weighted by atomic mass is 10.2. The van der Waals surface area contributed by atoms with Gasteiger partial charge in [-0.05, 0) is 18.6 Å². The topological polar surface area (TPSA) is 49.4 Å². The fraction of sp³-hybridized carbons (Fsp3) is 0.500. The minimum Gasteiger partial charge on any atom is -0.313 e. The number of rotatable bonds is 5. The molecule has 1 aromatic carbocycles. The van der Waals surface area contributed by atoms with Crippen molar-refractivity contribution in [1.82, 2.24) is 9.62 Å².